The summed E-state index contributed by atoms with van der Waals surface area (Å²) >= 11 is 0. The van der Waals surface area contributed by atoms with Crippen molar-refractivity contribution in [1.29, 1.82) is 0 Å². The van der Waals surface area contributed by atoms with E-state index in [1.54, 1.807) is 6.07 Å². The van der Waals surface area contributed by atoms with E-state index in [2.05, 4.69) is 15.2 Å². The van der Waals surface area contributed by atoms with Crippen LogP contribution in [0.5, 0.6) is 0 Å². The molecule has 6 nitrogen and oxygen atoms in total. The number of hydrogen-bond acceptors (Lipinski definition) is 5. The second kappa shape index (κ2) is 7.32. The Morgan fingerprint density at radius 2 is 1.55 bits per heavy atom. The molecule has 0 amide bonds. The minimum Gasteiger partial charge on any atom is -0.332 e. The third kappa shape index (κ3) is 3.22. The maximum atomic E-state index is 13.2. The lowest BCUT2D eigenvalue weighted by molar-refractivity contribution is 0.430. The number of nitrogens with zero attached hydrogens (tertiary/aromatic N) is 4. The molecule has 5 rings (SSSR count). The number of hydrogen-bond donors (Lipinski definition) is 0. The molecule has 0 unspecified atom stereocenters. The van der Waals surface area contributed by atoms with Crippen molar-refractivity contribution in [2.45, 2.75) is 20.8 Å². The van der Waals surface area contributed by atoms with Gasteiger partial charge in [0, 0.05) is 10.9 Å². The van der Waals surface area contributed by atoms with Crippen molar-refractivity contribution in [2.75, 3.05) is 0 Å². The molecule has 0 N–H and O–H groups in total. The standard InChI is InChI=1S/C25H20N4O2/c1-15-12-13-18(14-17(15)3)29-25(30)21-11-7-6-10-20(21)22(27-29)24-26-23(28-31-24)19-9-5-4-8-16(19)2/h4-14H,1-3H3. The molecule has 2 aromatic heterocycles. The second-order valence-corrected chi connectivity index (χ2v) is 7.62. The molecular formula is C25H20N4O2. The van der Waals surface area contributed by atoms with Crippen molar-refractivity contribution in [1.82, 2.24) is 19.9 Å². The Morgan fingerprint density at radius 1 is 0.806 bits per heavy atom. The molecule has 31 heavy (non-hydrogen) atoms. The molecule has 0 aliphatic rings. The molecule has 0 spiro atoms. The summed E-state index contributed by atoms with van der Waals surface area (Å²) in [6, 6.07) is 21.0. The van der Waals surface area contributed by atoms with Crippen LogP contribution in [0.4, 0.5) is 0 Å². The average molecular weight is 408 g/mol. The van der Waals surface area contributed by atoms with E-state index in [0.29, 0.717) is 28.0 Å². The second-order valence-electron chi connectivity index (χ2n) is 7.62. The van der Waals surface area contributed by atoms with Crippen molar-refractivity contribution < 1.29 is 4.52 Å². The quantitative estimate of drug-likeness (QED) is 0.419. The Bertz CT molecular complexity index is 1500. The molecule has 5 aromatic rings. The van der Waals surface area contributed by atoms with Gasteiger partial charge in [0.05, 0.1) is 11.1 Å². The summed E-state index contributed by atoms with van der Waals surface area (Å²) in [6.45, 7) is 6.05. The van der Waals surface area contributed by atoms with Gasteiger partial charge in [-0.2, -0.15) is 14.8 Å². The van der Waals surface area contributed by atoms with Crippen molar-refractivity contribution in [2.24, 2.45) is 0 Å². The fourth-order valence-corrected chi connectivity index (χ4v) is 3.63. The zero-order chi connectivity index (χ0) is 21.5. The molecule has 0 aliphatic heterocycles. The van der Waals surface area contributed by atoms with Gasteiger partial charge >= 0.3 is 0 Å². The van der Waals surface area contributed by atoms with E-state index in [4.69, 9.17) is 4.52 Å². The van der Waals surface area contributed by atoms with Crippen LogP contribution in [0.15, 0.2) is 76.0 Å². The Labute approximate surface area is 178 Å². The maximum Gasteiger partial charge on any atom is 0.279 e. The highest BCUT2D eigenvalue weighted by Gasteiger charge is 2.19. The summed E-state index contributed by atoms with van der Waals surface area (Å²) in [5.41, 5.74) is 5.15. The number of rotatable bonds is 3. The van der Waals surface area contributed by atoms with Crippen LogP contribution < -0.4 is 5.56 Å². The SMILES string of the molecule is Cc1ccc(-n2nc(-c3nc(-c4ccccc4C)no3)c3ccccc3c2=O)cc1C. The topological polar surface area (TPSA) is 73.8 Å². The fourth-order valence-electron chi connectivity index (χ4n) is 3.63. The molecule has 0 saturated heterocycles. The van der Waals surface area contributed by atoms with Gasteiger partial charge in [0.1, 0.15) is 0 Å². The van der Waals surface area contributed by atoms with Gasteiger partial charge in [0.2, 0.25) is 5.82 Å². The van der Waals surface area contributed by atoms with E-state index < -0.39 is 0 Å². The smallest absolute Gasteiger partial charge is 0.279 e. The molecule has 2 heterocycles. The highest BCUT2D eigenvalue weighted by atomic mass is 16.5. The summed E-state index contributed by atoms with van der Waals surface area (Å²) in [5.74, 6) is 0.759. The van der Waals surface area contributed by atoms with Gasteiger partial charge in [0.15, 0.2) is 5.69 Å². The van der Waals surface area contributed by atoms with Crippen LogP contribution in [0, 0.1) is 20.8 Å². The Hall–Kier alpha value is -4.06. The maximum absolute atomic E-state index is 13.2. The minimum atomic E-state index is -0.193. The lowest BCUT2D eigenvalue weighted by Gasteiger charge is -2.10. The van der Waals surface area contributed by atoms with E-state index in [0.717, 1.165) is 22.3 Å². The van der Waals surface area contributed by atoms with Crippen LogP contribution in [-0.4, -0.2) is 19.9 Å². The van der Waals surface area contributed by atoms with Crippen LogP contribution >= 0.6 is 0 Å². The predicted molar refractivity (Wildman–Crippen MR) is 120 cm³/mol. The largest absolute Gasteiger partial charge is 0.332 e. The molecule has 3 aromatic carbocycles. The van der Waals surface area contributed by atoms with E-state index >= 15 is 0 Å². The molecule has 0 saturated carbocycles. The monoisotopic (exact) mass is 408 g/mol. The van der Waals surface area contributed by atoms with Gasteiger partial charge in [-0.25, -0.2) is 0 Å². The third-order valence-corrected chi connectivity index (χ3v) is 5.55. The van der Waals surface area contributed by atoms with Crippen molar-refractivity contribution in [3.8, 4) is 28.7 Å². The van der Waals surface area contributed by atoms with Gasteiger partial charge in [-0.3, -0.25) is 4.79 Å². The molecule has 152 valence electrons. The van der Waals surface area contributed by atoms with Crippen LogP contribution in [0.2, 0.25) is 0 Å². The van der Waals surface area contributed by atoms with E-state index in [1.807, 2.05) is 81.4 Å². The fraction of sp³-hybridized carbons (Fsp3) is 0.120. The lowest BCUT2D eigenvalue weighted by atomic mass is 10.1. The number of aryl methyl sites for hydroxylation is 3. The first-order chi connectivity index (χ1) is 15.0. The van der Waals surface area contributed by atoms with Crippen molar-refractivity contribution in [3.05, 3.63) is 93.8 Å². The van der Waals surface area contributed by atoms with Gasteiger partial charge in [-0.1, -0.05) is 53.7 Å². The van der Waals surface area contributed by atoms with Crippen LogP contribution in [-0.2, 0) is 0 Å². The highest BCUT2D eigenvalue weighted by Crippen LogP contribution is 2.27. The minimum absolute atomic E-state index is 0.193. The normalized spacial score (nSPS) is 11.2. The van der Waals surface area contributed by atoms with Crippen LogP contribution in [0.3, 0.4) is 0 Å². The van der Waals surface area contributed by atoms with E-state index in [9.17, 15) is 4.79 Å². The summed E-state index contributed by atoms with van der Waals surface area (Å²) in [6.07, 6.45) is 0. The first-order valence-electron chi connectivity index (χ1n) is 10.0. The van der Waals surface area contributed by atoms with Gasteiger partial charge in [0.25, 0.3) is 11.4 Å². The zero-order valence-electron chi connectivity index (χ0n) is 17.5. The molecule has 0 aliphatic carbocycles. The average Bonchev–Trinajstić information content (AvgIpc) is 3.26. The van der Waals surface area contributed by atoms with Crippen molar-refractivity contribution >= 4 is 10.8 Å². The van der Waals surface area contributed by atoms with Gasteiger partial charge in [-0.15, -0.1) is 0 Å². The number of fused-ring (bicyclic) bond motifs is 1. The van der Waals surface area contributed by atoms with Crippen LogP contribution in [0.25, 0.3) is 39.4 Å². The lowest BCUT2D eigenvalue weighted by Crippen LogP contribution is -2.22. The third-order valence-electron chi connectivity index (χ3n) is 5.55. The van der Waals surface area contributed by atoms with Crippen LogP contribution in [0.1, 0.15) is 16.7 Å². The van der Waals surface area contributed by atoms with Gasteiger partial charge in [-0.05, 0) is 55.7 Å². The van der Waals surface area contributed by atoms with E-state index in [-0.39, 0.29) is 11.4 Å². The highest BCUT2D eigenvalue weighted by molar-refractivity contribution is 5.92. The number of aromatic nitrogens is 4. The molecule has 6 heteroatoms. The molecular weight excluding hydrogens is 388 g/mol. The predicted octanol–water partition coefficient (Wildman–Crippen LogP) is 5.03. The van der Waals surface area contributed by atoms with Gasteiger partial charge < -0.3 is 4.52 Å². The molecule has 0 atom stereocenters. The first-order valence-corrected chi connectivity index (χ1v) is 10.0. The van der Waals surface area contributed by atoms with E-state index in [1.165, 1.54) is 4.68 Å². The molecule has 0 bridgehead atoms. The number of benzene rings is 3. The van der Waals surface area contributed by atoms with Crippen molar-refractivity contribution in [3.63, 3.8) is 0 Å². The summed E-state index contributed by atoms with van der Waals surface area (Å²) in [5, 5.41) is 10.0. The Balaban J connectivity index is 1.74. The zero-order valence-corrected chi connectivity index (χ0v) is 17.5. The summed E-state index contributed by atoms with van der Waals surface area (Å²) < 4.78 is 7.01. The summed E-state index contributed by atoms with van der Waals surface area (Å²) in [4.78, 5) is 17.8. The summed E-state index contributed by atoms with van der Waals surface area (Å²) in [7, 11) is 0. The molecule has 0 fully saturated rings. The first kappa shape index (κ1) is 18.9. The Morgan fingerprint density at radius 3 is 2.32 bits per heavy atom. The Kier molecular flexibility index (Phi) is 4.47. The molecule has 0 radical (unpaired) electrons.